The average molecular weight is 214 g/mol. The lowest BCUT2D eigenvalue weighted by atomic mass is 10.0. The molecule has 0 amide bonds. The van der Waals surface area contributed by atoms with E-state index in [9.17, 15) is 0 Å². The maximum atomic E-state index is 5.65. The van der Waals surface area contributed by atoms with E-state index < -0.39 is 0 Å². The Morgan fingerprint density at radius 1 is 1.00 bits per heavy atom. The van der Waals surface area contributed by atoms with Gasteiger partial charge in [-0.3, -0.25) is 0 Å². The van der Waals surface area contributed by atoms with Crippen molar-refractivity contribution in [2.75, 3.05) is 11.2 Å². The highest BCUT2D eigenvalue weighted by Gasteiger charge is 2.17. The van der Waals surface area contributed by atoms with Crippen molar-refractivity contribution in [1.82, 2.24) is 0 Å². The van der Waals surface area contributed by atoms with E-state index >= 15 is 0 Å². The summed E-state index contributed by atoms with van der Waals surface area (Å²) < 4.78 is 0. The molecule has 0 atom stereocenters. The maximum Gasteiger partial charge on any atom is 0.194 e. The molecule has 0 unspecified atom stereocenters. The van der Waals surface area contributed by atoms with Gasteiger partial charge in [0, 0.05) is 11.3 Å². The number of nitrogen functional groups attached to an aromatic ring is 1. The summed E-state index contributed by atoms with van der Waals surface area (Å²) in [7, 11) is 0. The fraction of sp³-hybridized carbons (Fsp3) is 0. The Morgan fingerprint density at radius 2 is 1.81 bits per heavy atom. The number of fused-ring (bicyclic) bond motifs is 1. The van der Waals surface area contributed by atoms with Gasteiger partial charge in [-0.2, -0.15) is 0 Å². The van der Waals surface area contributed by atoms with Crippen molar-refractivity contribution in [2.24, 2.45) is 0 Å². The molecule has 0 fully saturated rings. The highest BCUT2D eigenvalue weighted by Crippen LogP contribution is 2.38. The van der Waals surface area contributed by atoms with Crippen LogP contribution in [0.25, 0.3) is 11.1 Å². The van der Waals surface area contributed by atoms with Crippen molar-refractivity contribution in [2.45, 2.75) is 0 Å². The van der Waals surface area contributed by atoms with E-state index in [4.69, 9.17) is 15.6 Å². The zero-order valence-corrected chi connectivity index (χ0v) is 8.44. The molecule has 0 saturated heterocycles. The SMILES string of the molecule is Nc1ccc(-c2cccc3c2NOO3)cc1. The summed E-state index contributed by atoms with van der Waals surface area (Å²) in [6.07, 6.45) is 0. The number of rotatable bonds is 1. The molecule has 3 rings (SSSR count). The monoisotopic (exact) mass is 214 g/mol. The first-order valence-electron chi connectivity index (χ1n) is 4.93. The van der Waals surface area contributed by atoms with Crippen LogP contribution in [-0.4, -0.2) is 0 Å². The normalized spacial score (nSPS) is 12.8. The van der Waals surface area contributed by atoms with Crippen LogP contribution < -0.4 is 16.1 Å². The largest absolute Gasteiger partial charge is 0.399 e. The molecule has 0 aliphatic carbocycles. The van der Waals surface area contributed by atoms with Crippen LogP contribution in [0.15, 0.2) is 42.5 Å². The minimum atomic E-state index is 0.689. The summed E-state index contributed by atoms with van der Waals surface area (Å²) in [4.78, 5) is 9.67. The van der Waals surface area contributed by atoms with Gasteiger partial charge in [-0.1, -0.05) is 29.3 Å². The van der Waals surface area contributed by atoms with Gasteiger partial charge in [0.05, 0.1) is 0 Å². The van der Waals surface area contributed by atoms with Crippen molar-refractivity contribution in [3.05, 3.63) is 42.5 Å². The van der Waals surface area contributed by atoms with Crippen molar-refractivity contribution < 1.29 is 9.88 Å². The lowest BCUT2D eigenvalue weighted by molar-refractivity contribution is -0.160. The molecule has 4 heteroatoms. The van der Waals surface area contributed by atoms with Gasteiger partial charge in [-0.15, -0.1) is 0 Å². The Kier molecular flexibility index (Phi) is 1.94. The van der Waals surface area contributed by atoms with E-state index in [-0.39, 0.29) is 0 Å². The molecule has 16 heavy (non-hydrogen) atoms. The molecule has 0 bridgehead atoms. The third kappa shape index (κ3) is 1.36. The van der Waals surface area contributed by atoms with Crippen LogP contribution in [0.3, 0.4) is 0 Å². The number of para-hydroxylation sites is 1. The molecule has 0 radical (unpaired) electrons. The first-order chi connectivity index (χ1) is 7.84. The van der Waals surface area contributed by atoms with Gasteiger partial charge in [0.25, 0.3) is 0 Å². The number of nitrogens with two attached hydrogens (primary N) is 1. The smallest absolute Gasteiger partial charge is 0.194 e. The maximum absolute atomic E-state index is 5.65. The molecule has 0 aromatic heterocycles. The second kappa shape index (κ2) is 3.43. The Hall–Kier alpha value is -2.20. The van der Waals surface area contributed by atoms with Gasteiger partial charge >= 0.3 is 0 Å². The molecular formula is C12H10N2O2. The highest BCUT2D eigenvalue weighted by molar-refractivity contribution is 5.82. The first-order valence-corrected chi connectivity index (χ1v) is 4.93. The second-order valence-corrected chi connectivity index (χ2v) is 3.57. The van der Waals surface area contributed by atoms with Gasteiger partial charge in [0.1, 0.15) is 5.69 Å². The third-order valence-electron chi connectivity index (χ3n) is 2.52. The van der Waals surface area contributed by atoms with E-state index in [1.54, 1.807) is 0 Å². The lowest BCUT2D eigenvalue weighted by Gasteiger charge is -2.05. The lowest BCUT2D eigenvalue weighted by Crippen LogP contribution is -1.93. The van der Waals surface area contributed by atoms with E-state index in [0.29, 0.717) is 5.75 Å². The summed E-state index contributed by atoms with van der Waals surface area (Å²) in [5, 5.41) is 0. The van der Waals surface area contributed by atoms with E-state index in [1.807, 2.05) is 42.5 Å². The van der Waals surface area contributed by atoms with Crippen molar-refractivity contribution in [1.29, 1.82) is 0 Å². The Labute approximate surface area is 92.5 Å². The minimum Gasteiger partial charge on any atom is -0.399 e. The summed E-state index contributed by atoms with van der Waals surface area (Å²) in [6, 6.07) is 13.4. The molecule has 2 aromatic carbocycles. The van der Waals surface area contributed by atoms with Crippen LogP contribution in [0, 0.1) is 0 Å². The molecular weight excluding hydrogens is 204 g/mol. The number of anilines is 2. The number of benzene rings is 2. The first kappa shape index (κ1) is 9.06. The zero-order chi connectivity index (χ0) is 11.0. The summed E-state index contributed by atoms with van der Waals surface area (Å²) >= 11 is 0. The predicted octanol–water partition coefficient (Wildman–Crippen LogP) is 2.59. The summed E-state index contributed by atoms with van der Waals surface area (Å²) in [5.74, 6) is 0.689. The van der Waals surface area contributed by atoms with E-state index in [0.717, 1.165) is 22.5 Å². The van der Waals surface area contributed by atoms with Crippen LogP contribution in [-0.2, 0) is 4.99 Å². The quantitative estimate of drug-likeness (QED) is 0.566. The predicted molar refractivity (Wildman–Crippen MR) is 61.6 cm³/mol. The minimum absolute atomic E-state index is 0.689. The third-order valence-corrected chi connectivity index (χ3v) is 2.52. The highest BCUT2D eigenvalue weighted by atomic mass is 17.3. The molecule has 3 N–H and O–H groups in total. The topological polar surface area (TPSA) is 56.5 Å². The molecule has 4 nitrogen and oxygen atoms in total. The van der Waals surface area contributed by atoms with Crippen LogP contribution in [0.4, 0.5) is 11.4 Å². The van der Waals surface area contributed by atoms with Crippen molar-refractivity contribution >= 4 is 11.4 Å². The second-order valence-electron chi connectivity index (χ2n) is 3.57. The molecule has 1 aliphatic rings. The van der Waals surface area contributed by atoms with Crippen molar-refractivity contribution in [3.63, 3.8) is 0 Å². The molecule has 80 valence electrons. The van der Waals surface area contributed by atoms with Crippen LogP contribution in [0.5, 0.6) is 5.75 Å². The average Bonchev–Trinajstić information content (AvgIpc) is 2.78. The Bertz CT molecular complexity index is 523. The number of hydrogen-bond acceptors (Lipinski definition) is 4. The van der Waals surface area contributed by atoms with Gasteiger partial charge in [0.2, 0.25) is 0 Å². The van der Waals surface area contributed by atoms with Crippen molar-refractivity contribution in [3.8, 4) is 16.9 Å². The molecule has 2 aromatic rings. The Balaban J connectivity index is 2.13. The van der Waals surface area contributed by atoms with Crippen LogP contribution >= 0.6 is 0 Å². The van der Waals surface area contributed by atoms with Gasteiger partial charge in [-0.05, 0) is 23.8 Å². The number of nitrogens with one attached hydrogen (secondary N) is 1. The Morgan fingerprint density at radius 3 is 2.62 bits per heavy atom. The molecule has 1 heterocycles. The number of hydrogen-bond donors (Lipinski definition) is 2. The fourth-order valence-electron chi connectivity index (χ4n) is 1.72. The summed E-state index contributed by atoms with van der Waals surface area (Å²) in [6.45, 7) is 0. The summed E-state index contributed by atoms with van der Waals surface area (Å²) in [5.41, 5.74) is 12.1. The standard InChI is InChI=1S/C12H10N2O2/c13-9-6-4-8(5-7-9)10-2-1-3-11-12(10)14-16-15-11/h1-7,14H,13H2. The molecule has 1 aliphatic heterocycles. The van der Waals surface area contributed by atoms with E-state index in [1.165, 1.54) is 0 Å². The fourth-order valence-corrected chi connectivity index (χ4v) is 1.72. The van der Waals surface area contributed by atoms with Gasteiger partial charge < -0.3 is 10.6 Å². The van der Waals surface area contributed by atoms with Gasteiger partial charge in [-0.25, -0.2) is 5.48 Å². The van der Waals surface area contributed by atoms with Gasteiger partial charge in [0.15, 0.2) is 5.75 Å². The van der Waals surface area contributed by atoms with Crippen LogP contribution in [0.2, 0.25) is 0 Å². The molecule has 0 saturated carbocycles. The zero-order valence-electron chi connectivity index (χ0n) is 8.44. The van der Waals surface area contributed by atoms with E-state index in [2.05, 4.69) is 5.48 Å². The molecule has 0 spiro atoms. The van der Waals surface area contributed by atoms with Crippen LogP contribution in [0.1, 0.15) is 0 Å².